The van der Waals surface area contributed by atoms with Crippen LogP contribution >= 0.6 is 0 Å². The lowest BCUT2D eigenvalue weighted by molar-refractivity contribution is 0.416. The van der Waals surface area contributed by atoms with Crippen LogP contribution in [0, 0.1) is 5.92 Å². The van der Waals surface area contributed by atoms with Crippen molar-refractivity contribution in [1.82, 2.24) is 30.4 Å². The molecule has 0 bridgehead atoms. The van der Waals surface area contributed by atoms with E-state index in [9.17, 15) is 0 Å². The average Bonchev–Trinajstić information content (AvgIpc) is 3.50. The van der Waals surface area contributed by atoms with Gasteiger partial charge in [0.25, 0.3) is 0 Å². The number of aromatic amines is 1. The van der Waals surface area contributed by atoms with Crippen molar-refractivity contribution in [2.24, 2.45) is 5.92 Å². The summed E-state index contributed by atoms with van der Waals surface area (Å²) in [5.41, 5.74) is 12.2. The van der Waals surface area contributed by atoms with Crippen LogP contribution in [0.1, 0.15) is 11.6 Å². The molecule has 3 heterocycles. The van der Waals surface area contributed by atoms with Crippen LogP contribution in [-0.2, 0) is 6.54 Å². The van der Waals surface area contributed by atoms with Gasteiger partial charge in [-0.05, 0) is 5.56 Å². The van der Waals surface area contributed by atoms with E-state index in [0.717, 1.165) is 35.7 Å². The topological polar surface area (TPSA) is 70.6 Å². The minimum Gasteiger partial charge on any atom is -0.343 e. The molecule has 0 spiro atoms. The number of nitrogens with one attached hydrogen (secondary N) is 3. The smallest absolute Gasteiger partial charge is 0.0979 e. The molecule has 1 aliphatic rings. The van der Waals surface area contributed by atoms with E-state index in [-0.39, 0.29) is 6.04 Å². The molecular formula is C22H22N6. The molecule has 5 rings (SSSR count). The SMILES string of the molecule is c1ccc(-c2ncn(CC3CNNC3c3ccccc3)c2-c2cnc[nH]2)cc1. The van der Waals surface area contributed by atoms with Gasteiger partial charge < -0.3 is 9.55 Å². The summed E-state index contributed by atoms with van der Waals surface area (Å²) in [6.45, 7) is 1.76. The summed E-state index contributed by atoms with van der Waals surface area (Å²) in [5.74, 6) is 0.405. The highest BCUT2D eigenvalue weighted by atomic mass is 15.4. The Morgan fingerprint density at radius 1 is 1.00 bits per heavy atom. The maximum Gasteiger partial charge on any atom is 0.0979 e. The van der Waals surface area contributed by atoms with E-state index in [0.29, 0.717) is 5.92 Å². The van der Waals surface area contributed by atoms with Gasteiger partial charge in [0.05, 0.1) is 42.0 Å². The van der Waals surface area contributed by atoms with E-state index in [4.69, 9.17) is 4.98 Å². The normalized spacial score (nSPS) is 19.1. The van der Waals surface area contributed by atoms with Crippen LogP contribution < -0.4 is 10.9 Å². The van der Waals surface area contributed by atoms with Crippen molar-refractivity contribution in [3.8, 4) is 22.6 Å². The second-order valence-corrected chi connectivity index (χ2v) is 7.10. The molecule has 0 radical (unpaired) electrons. The van der Waals surface area contributed by atoms with Gasteiger partial charge in [0.1, 0.15) is 0 Å². The molecule has 2 atom stereocenters. The van der Waals surface area contributed by atoms with Gasteiger partial charge in [0, 0.05) is 24.6 Å². The average molecular weight is 370 g/mol. The Labute approximate surface area is 163 Å². The zero-order valence-electron chi connectivity index (χ0n) is 15.4. The largest absolute Gasteiger partial charge is 0.343 e. The first-order chi connectivity index (χ1) is 13.9. The molecule has 0 saturated carbocycles. The number of aromatic nitrogens is 4. The van der Waals surface area contributed by atoms with Crippen LogP contribution in [0.4, 0.5) is 0 Å². The summed E-state index contributed by atoms with van der Waals surface area (Å²) < 4.78 is 2.24. The van der Waals surface area contributed by atoms with E-state index >= 15 is 0 Å². The van der Waals surface area contributed by atoms with Crippen LogP contribution in [0.3, 0.4) is 0 Å². The Bertz CT molecular complexity index is 1020. The van der Waals surface area contributed by atoms with Crippen LogP contribution in [-0.4, -0.2) is 26.1 Å². The summed E-state index contributed by atoms with van der Waals surface area (Å²) in [6.07, 6.45) is 5.52. The number of rotatable bonds is 5. The lowest BCUT2D eigenvalue weighted by Gasteiger charge is -2.20. The molecule has 1 fully saturated rings. The van der Waals surface area contributed by atoms with Crippen LogP contribution in [0.5, 0.6) is 0 Å². The zero-order valence-corrected chi connectivity index (χ0v) is 15.4. The third kappa shape index (κ3) is 3.13. The van der Waals surface area contributed by atoms with Crippen molar-refractivity contribution in [2.75, 3.05) is 6.54 Å². The maximum absolute atomic E-state index is 4.76. The Kier molecular flexibility index (Phi) is 4.48. The monoisotopic (exact) mass is 370 g/mol. The van der Waals surface area contributed by atoms with E-state index in [1.54, 1.807) is 6.33 Å². The lowest BCUT2D eigenvalue weighted by atomic mass is 9.94. The predicted molar refractivity (Wildman–Crippen MR) is 109 cm³/mol. The molecule has 6 nitrogen and oxygen atoms in total. The fraction of sp³-hybridized carbons (Fsp3) is 0.182. The first kappa shape index (κ1) is 16.9. The first-order valence-corrected chi connectivity index (χ1v) is 9.53. The Hall–Kier alpha value is -3.22. The maximum atomic E-state index is 4.76. The molecular weight excluding hydrogens is 348 g/mol. The van der Waals surface area contributed by atoms with Gasteiger partial charge in [0.15, 0.2) is 0 Å². The van der Waals surface area contributed by atoms with Crippen molar-refractivity contribution >= 4 is 0 Å². The van der Waals surface area contributed by atoms with Crippen LogP contribution in [0.25, 0.3) is 22.6 Å². The van der Waals surface area contributed by atoms with E-state index in [2.05, 4.69) is 67.9 Å². The number of nitrogens with zero attached hydrogens (tertiary/aromatic N) is 3. The Balaban J connectivity index is 1.51. The summed E-state index contributed by atoms with van der Waals surface area (Å²) >= 11 is 0. The van der Waals surface area contributed by atoms with Crippen molar-refractivity contribution in [1.29, 1.82) is 0 Å². The van der Waals surface area contributed by atoms with Gasteiger partial charge in [0.2, 0.25) is 0 Å². The minimum absolute atomic E-state index is 0.262. The van der Waals surface area contributed by atoms with Gasteiger partial charge in [-0.3, -0.25) is 5.43 Å². The third-order valence-corrected chi connectivity index (χ3v) is 5.32. The molecule has 140 valence electrons. The summed E-state index contributed by atoms with van der Waals surface area (Å²) in [5, 5.41) is 0. The van der Waals surface area contributed by atoms with E-state index < -0.39 is 0 Å². The number of hydrogen-bond donors (Lipinski definition) is 3. The fourth-order valence-corrected chi connectivity index (χ4v) is 3.97. The minimum atomic E-state index is 0.262. The van der Waals surface area contributed by atoms with E-state index in [1.807, 2.05) is 30.7 Å². The van der Waals surface area contributed by atoms with Crippen molar-refractivity contribution in [3.63, 3.8) is 0 Å². The number of H-pyrrole nitrogens is 1. The standard InChI is InChI=1S/C22H22N6/c1-3-7-16(8-4-1)20-18(11-26-27-20)13-28-15-25-21(17-9-5-2-6-10-17)22(28)19-12-23-14-24-19/h1-10,12,14-15,18,20,26-27H,11,13H2,(H,23,24). The van der Waals surface area contributed by atoms with Gasteiger partial charge in [-0.1, -0.05) is 60.7 Å². The molecule has 28 heavy (non-hydrogen) atoms. The summed E-state index contributed by atoms with van der Waals surface area (Å²) in [4.78, 5) is 12.2. The second kappa shape index (κ2) is 7.42. The third-order valence-electron chi connectivity index (χ3n) is 5.32. The molecule has 0 aliphatic carbocycles. The summed E-state index contributed by atoms with van der Waals surface area (Å²) in [7, 11) is 0. The molecule has 6 heteroatoms. The number of benzene rings is 2. The van der Waals surface area contributed by atoms with Crippen molar-refractivity contribution < 1.29 is 0 Å². The fourth-order valence-electron chi connectivity index (χ4n) is 3.97. The number of hydrogen-bond acceptors (Lipinski definition) is 4. The van der Waals surface area contributed by atoms with Gasteiger partial charge in [-0.15, -0.1) is 0 Å². The second-order valence-electron chi connectivity index (χ2n) is 7.10. The molecule has 3 N–H and O–H groups in total. The highest BCUT2D eigenvalue weighted by molar-refractivity contribution is 5.76. The van der Waals surface area contributed by atoms with Crippen molar-refractivity contribution in [3.05, 3.63) is 85.1 Å². The quantitative estimate of drug-likeness (QED) is 0.504. The predicted octanol–water partition coefficient (Wildman–Crippen LogP) is 3.41. The molecule has 4 aromatic rings. The molecule has 2 unspecified atom stereocenters. The zero-order chi connectivity index (χ0) is 18.8. The first-order valence-electron chi connectivity index (χ1n) is 9.53. The molecule has 1 saturated heterocycles. The molecule has 2 aromatic heterocycles. The highest BCUT2D eigenvalue weighted by Gasteiger charge is 2.29. The molecule has 2 aromatic carbocycles. The number of imidazole rings is 2. The Morgan fingerprint density at radius 2 is 1.79 bits per heavy atom. The highest BCUT2D eigenvalue weighted by Crippen LogP contribution is 2.32. The molecule has 1 aliphatic heterocycles. The van der Waals surface area contributed by atoms with Crippen LogP contribution in [0.15, 0.2) is 79.5 Å². The van der Waals surface area contributed by atoms with Gasteiger partial charge >= 0.3 is 0 Å². The number of hydrazine groups is 1. The van der Waals surface area contributed by atoms with Crippen LogP contribution in [0.2, 0.25) is 0 Å². The van der Waals surface area contributed by atoms with Gasteiger partial charge in [-0.25, -0.2) is 15.4 Å². The summed E-state index contributed by atoms with van der Waals surface area (Å²) in [6, 6.07) is 21.2. The molecule has 0 amide bonds. The van der Waals surface area contributed by atoms with Crippen molar-refractivity contribution in [2.45, 2.75) is 12.6 Å². The van der Waals surface area contributed by atoms with E-state index in [1.165, 1.54) is 5.56 Å². The lowest BCUT2D eigenvalue weighted by Crippen LogP contribution is -2.25. The Morgan fingerprint density at radius 3 is 2.54 bits per heavy atom. The van der Waals surface area contributed by atoms with Gasteiger partial charge in [-0.2, -0.15) is 0 Å².